The molecule has 0 saturated carbocycles. The Morgan fingerprint density at radius 1 is 1.54 bits per heavy atom. The molecule has 0 radical (unpaired) electrons. The fourth-order valence-electron chi connectivity index (χ4n) is 1.89. The van der Waals surface area contributed by atoms with Crippen molar-refractivity contribution < 1.29 is 14.5 Å². The minimum Gasteiger partial charge on any atom is -0.458 e. The molecule has 2 aliphatic rings. The topological polar surface area (TPSA) is 69.4 Å². The van der Waals surface area contributed by atoms with Gasteiger partial charge in [0.05, 0.1) is 5.57 Å². The number of ether oxygens (including phenoxy) is 1. The zero-order valence-corrected chi connectivity index (χ0v) is 6.99. The van der Waals surface area contributed by atoms with Crippen molar-refractivity contribution in [2.75, 3.05) is 6.61 Å². The van der Waals surface area contributed by atoms with E-state index in [2.05, 4.69) is 0 Å². The molecule has 0 bridgehead atoms. The molecule has 1 aliphatic heterocycles. The molecular formula is C8H9NO4. The molecule has 0 aromatic heterocycles. The lowest BCUT2D eigenvalue weighted by Gasteiger charge is -2.14. The van der Waals surface area contributed by atoms with Crippen molar-refractivity contribution in [3.63, 3.8) is 0 Å². The molecule has 1 atom stereocenters. The average molecular weight is 183 g/mol. The molecule has 2 rings (SSSR count). The molecule has 0 N–H and O–H groups in total. The van der Waals surface area contributed by atoms with E-state index in [1.54, 1.807) is 0 Å². The first kappa shape index (κ1) is 8.22. The van der Waals surface area contributed by atoms with Crippen LogP contribution in [0, 0.1) is 10.1 Å². The lowest BCUT2D eigenvalue weighted by atomic mass is 9.90. The third kappa shape index (κ3) is 1.20. The van der Waals surface area contributed by atoms with Crippen LogP contribution in [-0.2, 0) is 9.53 Å². The molecular weight excluding hydrogens is 174 g/mol. The molecule has 0 spiro atoms. The molecule has 0 aromatic rings. The van der Waals surface area contributed by atoms with Crippen molar-refractivity contribution in [3.05, 3.63) is 21.3 Å². The van der Waals surface area contributed by atoms with Crippen LogP contribution in [0.4, 0.5) is 0 Å². The van der Waals surface area contributed by atoms with Crippen LogP contribution >= 0.6 is 0 Å². The highest BCUT2D eigenvalue weighted by atomic mass is 16.6. The number of carbonyl (C=O) groups excluding carboxylic acids is 1. The Labute approximate surface area is 74.5 Å². The van der Waals surface area contributed by atoms with Crippen molar-refractivity contribution in [2.45, 2.75) is 25.3 Å². The number of esters is 1. The molecule has 0 aromatic carbocycles. The average Bonchev–Trinajstić information content (AvgIpc) is 2.48. The van der Waals surface area contributed by atoms with Crippen LogP contribution in [0.5, 0.6) is 0 Å². The number of carbonyl (C=O) groups is 1. The minimum atomic E-state index is -0.685. The highest BCUT2D eigenvalue weighted by Gasteiger charge is 2.38. The summed E-state index contributed by atoms with van der Waals surface area (Å²) in [5.74, 6) is -0.360. The molecule has 70 valence electrons. The van der Waals surface area contributed by atoms with Crippen molar-refractivity contribution in [2.24, 2.45) is 0 Å². The molecule has 0 fully saturated rings. The van der Waals surface area contributed by atoms with E-state index in [4.69, 9.17) is 4.74 Å². The summed E-state index contributed by atoms with van der Waals surface area (Å²) in [5, 5.41) is 10.6. The third-order valence-electron chi connectivity index (χ3n) is 2.55. The Hall–Kier alpha value is -1.39. The van der Waals surface area contributed by atoms with Gasteiger partial charge in [-0.2, -0.15) is 0 Å². The Kier molecular flexibility index (Phi) is 1.79. The molecule has 0 saturated heterocycles. The van der Waals surface area contributed by atoms with Gasteiger partial charge in [0, 0.05) is 16.9 Å². The summed E-state index contributed by atoms with van der Waals surface area (Å²) in [6, 6.07) is -0.685. The maximum absolute atomic E-state index is 11.1. The highest BCUT2D eigenvalue weighted by molar-refractivity contribution is 5.92. The number of hydrogen-bond acceptors (Lipinski definition) is 4. The van der Waals surface area contributed by atoms with Gasteiger partial charge in [-0.1, -0.05) is 0 Å². The minimum absolute atomic E-state index is 0.125. The third-order valence-corrected chi connectivity index (χ3v) is 2.55. The van der Waals surface area contributed by atoms with Gasteiger partial charge >= 0.3 is 5.97 Å². The Balaban J connectivity index is 2.33. The summed E-state index contributed by atoms with van der Waals surface area (Å²) in [5.41, 5.74) is 1.15. The normalized spacial score (nSPS) is 27.1. The van der Waals surface area contributed by atoms with Crippen LogP contribution in [0.15, 0.2) is 11.1 Å². The first-order valence-corrected chi connectivity index (χ1v) is 4.22. The van der Waals surface area contributed by atoms with Crippen molar-refractivity contribution in [1.82, 2.24) is 0 Å². The van der Waals surface area contributed by atoms with Gasteiger partial charge in [0.2, 0.25) is 6.04 Å². The molecule has 0 amide bonds. The van der Waals surface area contributed by atoms with Crippen molar-refractivity contribution >= 4 is 5.97 Å². The lowest BCUT2D eigenvalue weighted by Crippen LogP contribution is -2.26. The number of cyclic esters (lactones) is 1. The zero-order chi connectivity index (χ0) is 9.42. The van der Waals surface area contributed by atoms with Gasteiger partial charge in [0.25, 0.3) is 0 Å². The molecule has 5 heteroatoms. The second-order valence-corrected chi connectivity index (χ2v) is 3.27. The van der Waals surface area contributed by atoms with Gasteiger partial charge in [-0.25, -0.2) is 4.79 Å². The molecule has 13 heavy (non-hydrogen) atoms. The first-order valence-electron chi connectivity index (χ1n) is 4.22. The van der Waals surface area contributed by atoms with Gasteiger partial charge in [0.1, 0.15) is 6.61 Å². The van der Waals surface area contributed by atoms with Gasteiger partial charge < -0.3 is 4.74 Å². The summed E-state index contributed by atoms with van der Waals surface area (Å²) >= 11 is 0. The van der Waals surface area contributed by atoms with Crippen LogP contribution in [0.2, 0.25) is 0 Å². The van der Waals surface area contributed by atoms with E-state index in [0.29, 0.717) is 30.4 Å². The van der Waals surface area contributed by atoms with Crippen LogP contribution in [-0.4, -0.2) is 23.5 Å². The number of rotatable bonds is 1. The fourth-order valence-corrected chi connectivity index (χ4v) is 1.89. The predicted molar refractivity (Wildman–Crippen MR) is 42.6 cm³/mol. The Morgan fingerprint density at radius 2 is 2.31 bits per heavy atom. The SMILES string of the molecule is O=C1OCC2=C1CCCC2[N+](=O)[O-]. The van der Waals surface area contributed by atoms with Crippen LogP contribution in [0.25, 0.3) is 0 Å². The maximum atomic E-state index is 11.1. The predicted octanol–water partition coefficient (Wildman–Crippen LogP) is 0.669. The van der Waals surface area contributed by atoms with Crippen LogP contribution in [0.1, 0.15) is 19.3 Å². The summed E-state index contributed by atoms with van der Waals surface area (Å²) in [6.07, 6.45) is 1.88. The first-order chi connectivity index (χ1) is 6.20. The largest absolute Gasteiger partial charge is 0.458 e. The zero-order valence-electron chi connectivity index (χ0n) is 6.99. The van der Waals surface area contributed by atoms with E-state index in [0.717, 1.165) is 0 Å². The molecule has 1 heterocycles. The number of nitrogens with zero attached hydrogens (tertiary/aromatic N) is 1. The lowest BCUT2D eigenvalue weighted by molar-refractivity contribution is -0.514. The summed E-state index contributed by atoms with van der Waals surface area (Å²) in [7, 11) is 0. The monoisotopic (exact) mass is 183 g/mol. The number of hydrogen-bond donors (Lipinski definition) is 0. The Morgan fingerprint density at radius 3 is 3.00 bits per heavy atom. The van der Waals surface area contributed by atoms with Crippen LogP contribution in [0.3, 0.4) is 0 Å². The highest BCUT2D eigenvalue weighted by Crippen LogP contribution is 2.31. The summed E-state index contributed by atoms with van der Waals surface area (Å²) < 4.78 is 4.76. The second kappa shape index (κ2) is 2.83. The van der Waals surface area contributed by atoms with Gasteiger partial charge in [-0.05, 0) is 12.8 Å². The second-order valence-electron chi connectivity index (χ2n) is 3.27. The molecule has 1 unspecified atom stereocenters. The quantitative estimate of drug-likeness (QED) is 0.340. The summed E-state index contributed by atoms with van der Waals surface area (Å²) in [6.45, 7) is 0.125. The van der Waals surface area contributed by atoms with Gasteiger partial charge in [-0.3, -0.25) is 10.1 Å². The van der Waals surface area contributed by atoms with Crippen molar-refractivity contribution in [3.8, 4) is 0 Å². The Bertz CT molecular complexity index is 307. The molecule has 1 aliphatic carbocycles. The van der Waals surface area contributed by atoms with E-state index in [1.807, 2.05) is 0 Å². The smallest absolute Gasteiger partial charge is 0.334 e. The van der Waals surface area contributed by atoms with Gasteiger partial charge in [-0.15, -0.1) is 0 Å². The van der Waals surface area contributed by atoms with E-state index >= 15 is 0 Å². The van der Waals surface area contributed by atoms with E-state index < -0.39 is 6.04 Å². The fraction of sp³-hybridized carbons (Fsp3) is 0.625. The van der Waals surface area contributed by atoms with E-state index in [-0.39, 0.29) is 17.5 Å². The standard InChI is InChI=1S/C8H9NO4/c10-8-5-2-1-3-7(9(11)12)6(5)4-13-8/h7H,1-4H2. The van der Waals surface area contributed by atoms with Crippen molar-refractivity contribution in [1.29, 1.82) is 0 Å². The van der Waals surface area contributed by atoms with E-state index in [9.17, 15) is 14.9 Å². The number of nitro groups is 1. The van der Waals surface area contributed by atoms with E-state index in [1.165, 1.54) is 0 Å². The van der Waals surface area contributed by atoms with Gasteiger partial charge in [0.15, 0.2) is 0 Å². The summed E-state index contributed by atoms with van der Waals surface area (Å²) in [4.78, 5) is 21.4. The molecule has 5 nitrogen and oxygen atoms in total. The van der Waals surface area contributed by atoms with Crippen LogP contribution < -0.4 is 0 Å². The maximum Gasteiger partial charge on any atom is 0.334 e.